The van der Waals surface area contributed by atoms with Gasteiger partial charge in [-0.15, -0.1) is 0 Å². The zero-order chi connectivity index (χ0) is 14.6. The third-order valence-electron chi connectivity index (χ3n) is 4.30. The predicted molar refractivity (Wildman–Crippen MR) is 85.2 cm³/mol. The molecule has 0 radical (unpaired) electrons. The number of hydrogen-bond acceptors (Lipinski definition) is 1. The lowest BCUT2D eigenvalue weighted by molar-refractivity contribution is 0.620. The zero-order valence-corrected chi connectivity index (χ0v) is 12.6. The summed E-state index contributed by atoms with van der Waals surface area (Å²) in [5.41, 5.74) is 6.19. The van der Waals surface area contributed by atoms with Crippen molar-refractivity contribution in [3.63, 3.8) is 0 Å². The number of imidazole rings is 1. The van der Waals surface area contributed by atoms with E-state index in [1.165, 1.54) is 30.0 Å². The number of halogens is 1. The second-order valence-corrected chi connectivity index (χ2v) is 6.08. The fourth-order valence-electron chi connectivity index (χ4n) is 3.19. The maximum Gasteiger partial charge on any atom is 0.182 e. The summed E-state index contributed by atoms with van der Waals surface area (Å²) in [7, 11) is 0. The predicted octanol–water partition coefficient (Wildman–Crippen LogP) is 4.62. The smallest absolute Gasteiger partial charge is 0.182 e. The molecule has 2 nitrogen and oxygen atoms in total. The fourth-order valence-corrected chi connectivity index (χ4v) is 3.50. The summed E-state index contributed by atoms with van der Waals surface area (Å²) in [6.45, 7) is 1.78. The minimum Gasteiger partial charge on any atom is -0.330 e. The van der Waals surface area contributed by atoms with E-state index < -0.39 is 0 Å². The molecule has 0 saturated heterocycles. The number of fused-ring (bicyclic) bond motifs is 2. The average molecular weight is 298 g/mol. The van der Waals surface area contributed by atoms with Gasteiger partial charge in [-0.1, -0.05) is 6.07 Å². The molecule has 1 aliphatic rings. The van der Waals surface area contributed by atoms with Crippen LogP contribution in [0.2, 0.25) is 0 Å². The first-order valence-corrected chi connectivity index (χ1v) is 7.57. The number of nitrogens with one attached hydrogen (secondary N) is 1. The second-order valence-electron chi connectivity index (χ2n) is 5.69. The van der Waals surface area contributed by atoms with Crippen molar-refractivity contribution < 1.29 is 4.39 Å². The van der Waals surface area contributed by atoms with Gasteiger partial charge in [0.2, 0.25) is 0 Å². The van der Waals surface area contributed by atoms with Crippen LogP contribution in [0.1, 0.15) is 23.1 Å². The van der Waals surface area contributed by atoms with E-state index >= 15 is 0 Å². The molecule has 106 valence electrons. The van der Waals surface area contributed by atoms with Crippen molar-refractivity contribution in [2.75, 3.05) is 0 Å². The van der Waals surface area contributed by atoms with E-state index in [4.69, 9.17) is 12.2 Å². The van der Waals surface area contributed by atoms with Crippen LogP contribution in [0.4, 0.5) is 4.39 Å². The Morgan fingerprint density at radius 2 is 1.95 bits per heavy atom. The van der Waals surface area contributed by atoms with Crippen LogP contribution in [-0.2, 0) is 12.8 Å². The van der Waals surface area contributed by atoms with Crippen molar-refractivity contribution in [2.24, 2.45) is 0 Å². The Hall–Kier alpha value is -1.94. The van der Waals surface area contributed by atoms with E-state index in [0.717, 1.165) is 23.1 Å². The number of H-pyrrole nitrogens is 1. The van der Waals surface area contributed by atoms with Gasteiger partial charge >= 0.3 is 0 Å². The average Bonchev–Trinajstić information content (AvgIpc) is 3.02. The molecular formula is C17H15FN2S. The van der Waals surface area contributed by atoms with E-state index in [0.29, 0.717) is 10.3 Å². The minimum atomic E-state index is -0.208. The summed E-state index contributed by atoms with van der Waals surface area (Å²) in [5, 5.41) is 0. The van der Waals surface area contributed by atoms with Gasteiger partial charge in [-0.2, -0.15) is 0 Å². The van der Waals surface area contributed by atoms with Crippen LogP contribution in [0.25, 0.3) is 16.7 Å². The topological polar surface area (TPSA) is 20.7 Å². The first kappa shape index (κ1) is 12.8. The number of nitrogens with zero attached hydrogens (tertiary/aromatic N) is 1. The van der Waals surface area contributed by atoms with Gasteiger partial charge in [-0.3, -0.25) is 4.57 Å². The van der Waals surface area contributed by atoms with Crippen molar-refractivity contribution in [1.82, 2.24) is 9.55 Å². The Labute approximate surface area is 127 Å². The maximum absolute atomic E-state index is 13.7. The molecule has 0 saturated carbocycles. The van der Waals surface area contributed by atoms with Gasteiger partial charge in [0.25, 0.3) is 0 Å². The zero-order valence-electron chi connectivity index (χ0n) is 11.7. The Balaban J connectivity index is 2.00. The molecule has 0 atom stereocenters. The van der Waals surface area contributed by atoms with Crippen molar-refractivity contribution in [2.45, 2.75) is 26.2 Å². The molecule has 0 spiro atoms. The Morgan fingerprint density at radius 1 is 1.14 bits per heavy atom. The number of rotatable bonds is 1. The standard InChI is InChI=1S/C17H15FN2S/c1-10-7-16-15(9-14(10)18)19-17(21)20(16)13-6-5-11-3-2-4-12(11)8-13/h5-9H,2-4H2,1H3,(H,19,21). The lowest BCUT2D eigenvalue weighted by Gasteiger charge is -2.08. The lowest BCUT2D eigenvalue weighted by atomic mass is 10.1. The third-order valence-corrected chi connectivity index (χ3v) is 4.59. The molecule has 0 unspecified atom stereocenters. The minimum absolute atomic E-state index is 0.208. The molecule has 1 aromatic heterocycles. The van der Waals surface area contributed by atoms with Crippen LogP contribution in [-0.4, -0.2) is 9.55 Å². The quantitative estimate of drug-likeness (QED) is 0.650. The van der Waals surface area contributed by atoms with Gasteiger partial charge in [0, 0.05) is 5.69 Å². The van der Waals surface area contributed by atoms with E-state index in [9.17, 15) is 4.39 Å². The molecule has 4 heteroatoms. The Morgan fingerprint density at radius 3 is 2.81 bits per heavy atom. The van der Waals surface area contributed by atoms with Gasteiger partial charge < -0.3 is 4.98 Å². The molecule has 21 heavy (non-hydrogen) atoms. The van der Waals surface area contributed by atoms with Crippen molar-refractivity contribution in [3.8, 4) is 5.69 Å². The summed E-state index contributed by atoms with van der Waals surface area (Å²) in [6, 6.07) is 9.87. The Bertz CT molecular complexity index is 920. The van der Waals surface area contributed by atoms with Crippen LogP contribution < -0.4 is 0 Å². The number of benzene rings is 2. The van der Waals surface area contributed by atoms with Crippen molar-refractivity contribution in [3.05, 3.63) is 57.6 Å². The summed E-state index contributed by atoms with van der Waals surface area (Å²) in [6.07, 6.45) is 3.52. The first-order chi connectivity index (χ1) is 10.1. The van der Waals surface area contributed by atoms with E-state index in [2.05, 4.69) is 23.2 Å². The number of aromatic nitrogens is 2. The van der Waals surface area contributed by atoms with Crippen molar-refractivity contribution >= 4 is 23.3 Å². The molecule has 0 aliphatic heterocycles. The normalized spacial score (nSPS) is 13.8. The summed E-state index contributed by atoms with van der Waals surface area (Å²) >= 11 is 5.43. The van der Waals surface area contributed by atoms with E-state index in [1.54, 1.807) is 6.92 Å². The fraction of sp³-hybridized carbons (Fsp3) is 0.235. The summed E-state index contributed by atoms with van der Waals surface area (Å²) in [4.78, 5) is 3.10. The third kappa shape index (κ3) is 1.94. The van der Waals surface area contributed by atoms with Crippen LogP contribution in [0.3, 0.4) is 0 Å². The molecule has 1 heterocycles. The van der Waals surface area contributed by atoms with Crippen LogP contribution >= 0.6 is 12.2 Å². The summed E-state index contributed by atoms with van der Waals surface area (Å²) < 4.78 is 16.3. The molecule has 0 fully saturated rings. The molecule has 2 aromatic carbocycles. The van der Waals surface area contributed by atoms with Gasteiger partial charge in [-0.05, 0) is 79.4 Å². The molecular weight excluding hydrogens is 283 g/mol. The highest BCUT2D eigenvalue weighted by molar-refractivity contribution is 7.71. The second kappa shape index (κ2) is 4.53. The molecule has 3 aromatic rings. The highest BCUT2D eigenvalue weighted by atomic mass is 32.1. The van der Waals surface area contributed by atoms with Gasteiger partial charge in [0.1, 0.15) is 5.82 Å². The lowest BCUT2D eigenvalue weighted by Crippen LogP contribution is -1.96. The molecule has 0 amide bonds. The van der Waals surface area contributed by atoms with E-state index in [1.807, 2.05) is 10.6 Å². The molecule has 1 N–H and O–H groups in total. The SMILES string of the molecule is Cc1cc2c(cc1F)[nH]c(=S)n2-c1ccc2c(c1)CCC2. The molecule has 0 bridgehead atoms. The van der Waals surface area contributed by atoms with E-state index in [-0.39, 0.29) is 5.82 Å². The van der Waals surface area contributed by atoms with Crippen LogP contribution in [0.15, 0.2) is 30.3 Å². The van der Waals surface area contributed by atoms with Crippen LogP contribution in [0, 0.1) is 17.5 Å². The monoisotopic (exact) mass is 298 g/mol. The highest BCUT2D eigenvalue weighted by Gasteiger charge is 2.14. The summed E-state index contributed by atoms with van der Waals surface area (Å²) in [5.74, 6) is -0.208. The van der Waals surface area contributed by atoms with Gasteiger partial charge in [-0.25, -0.2) is 4.39 Å². The van der Waals surface area contributed by atoms with Gasteiger partial charge in [0.05, 0.1) is 11.0 Å². The maximum atomic E-state index is 13.7. The molecule has 1 aliphatic carbocycles. The highest BCUT2D eigenvalue weighted by Crippen LogP contribution is 2.27. The van der Waals surface area contributed by atoms with Crippen molar-refractivity contribution in [1.29, 1.82) is 0 Å². The molecule has 4 rings (SSSR count). The van der Waals surface area contributed by atoms with Crippen LogP contribution in [0.5, 0.6) is 0 Å². The largest absolute Gasteiger partial charge is 0.330 e. The number of hydrogen-bond donors (Lipinski definition) is 1. The van der Waals surface area contributed by atoms with Gasteiger partial charge in [0.15, 0.2) is 4.77 Å². The number of aryl methyl sites for hydroxylation is 3. The number of aromatic amines is 1. The Kier molecular flexibility index (Phi) is 2.76. The first-order valence-electron chi connectivity index (χ1n) is 7.16.